The number of rotatable bonds is 8. The molecule has 5 rings (SSSR count). The molecule has 0 radical (unpaired) electrons. The lowest BCUT2D eigenvalue weighted by Gasteiger charge is -2.39. The van der Waals surface area contributed by atoms with Crippen molar-refractivity contribution in [2.75, 3.05) is 36.7 Å². The first-order valence-electron chi connectivity index (χ1n) is 14.0. The second-order valence-electron chi connectivity index (χ2n) is 10.8. The summed E-state index contributed by atoms with van der Waals surface area (Å²) < 4.78 is 26.7. The summed E-state index contributed by atoms with van der Waals surface area (Å²) in [5, 5.41) is 0. The Balaban J connectivity index is 1.26. The van der Waals surface area contributed by atoms with Gasteiger partial charge in [0.1, 0.15) is 0 Å². The summed E-state index contributed by atoms with van der Waals surface area (Å²) in [4.78, 5) is 17.8. The maximum atomic E-state index is 13.4. The van der Waals surface area contributed by atoms with Gasteiger partial charge < -0.3 is 4.90 Å². The Kier molecular flexibility index (Phi) is 8.57. The molecule has 0 bridgehead atoms. The van der Waals surface area contributed by atoms with Crippen LogP contribution in [0.5, 0.6) is 0 Å². The molecule has 1 amide bonds. The molecule has 1 aliphatic heterocycles. The van der Waals surface area contributed by atoms with Gasteiger partial charge in [0.15, 0.2) is 0 Å². The number of piperazine rings is 1. The molecule has 4 aromatic rings. The summed E-state index contributed by atoms with van der Waals surface area (Å²) in [6.07, 6.45) is 1.22. The fraction of sp³-hybridized carbons (Fsp3) is 0.265. The summed E-state index contributed by atoms with van der Waals surface area (Å²) in [6, 6.07) is 34.2. The van der Waals surface area contributed by atoms with E-state index in [4.69, 9.17) is 0 Å². The number of aryl methyl sites for hydroxylation is 2. The average Bonchev–Trinajstić information content (AvgIpc) is 2.98. The molecule has 0 aliphatic carbocycles. The molecule has 1 saturated heterocycles. The Morgan fingerprint density at radius 2 is 1.32 bits per heavy atom. The maximum Gasteiger partial charge on any atom is 0.253 e. The molecule has 1 aliphatic rings. The van der Waals surface area contributed by atoms with E-state index >= 15 is 0 Å². The van der Waals surface area contributed by atoms with Crippen LogP contribution in [0.4, 0.5) is 5.69 Å². The topological polar surface area (TPSA) is 60.9 Å². The molecule has 0 N–H and O–H groups in total. The van der Waals surface area contributed by atoms with Crippen molar-refractivity contribution in [2.24, 2.45) is 0 Å². The monoisotopic (exact) mass is 567 g/mol. The van der Waals surface area contributed by atoms with Crippen LogP contribution in [0, 0.1) is 13.8 Å². The lowest BCUT2D eigenvalue weighted by atomic mass is 9.96. The molecule has 0 aromatic heterocycles. The number of amides is 1. The predicted octanol–water partition coefficient (Wildman–Crippen LogP) is 5.82. The van der Waals surface area contributed by atoms with Gasteiger partial charge in [0.05, 0.1) is 24.5 Å². The molecule has 0 saturated carbocycles. The lowest BCUT2D eigenvalue weighted by molar-refractivity contribution is 0.0597. The molecule has 212 valence electrons. The van der Waals surface area contributed by atoms with E-state index in [-0.39, 0.29) is 18.5 Å². The molecular weight excluding hydrogens is 530 g/mol. The average molecular weight is 568 g/mol. The molecule has 41 heavy (non-hydrogen) atoms. The predicted molar refractivity (Wildman–Crippen MR) is 166 cm³/mol. The normalized spacial score (nSPS) is 14.3. The molecule has 0 unspecified atom stereocenters. The number of anilines is 1. The van der Waals surface area contributed by atoms with Crippen molar-refractivity contribution in [3.63, 3.8) is 0 Å². The van der Waals surface area contributed by atoms with Gasteiger partial charge >= 0.3 is 0 Å². The lowest BCUT2D eigenvalue weighted by Crippen LogP contribution is -2.49. The van der Waals surface area contributed by atoms with E-state index in [2.05, 4.69) is 53.4 Å². The zero-order valence-corrected chi connectivity index (χ0v) is 24.7. The molecular formula is C34H37N3O3S. The first-order valence-corrected chi connectivity index (χ1v) is 15.8. The second-order valence-corrected chi connectivity index (χ2v) is 12.7. The standard InChI is InChI=1S/C34H37N3O3S/c1-26-14-19-32(24-27(26)2)37(41(3,39)40)25-28-15-17-31(18-16-28)34(38)36-22-20-35(21-23-36)33(29-10-6-4-7-11-29)30-12-8-5-9-13-30/h4-19,24,33H,20-23,25H2,1-3H3. The Hall–Kier alpha value is -3.94. The number of nitrogens with zero attached hydrogens (tertiary/aromatic N) is 3. The highest BCUT2D eigenvalue weighted by atomic mass is 32.2. The van der Waals surface area contributed by atoms with E-state index < -0.39 is 10.0 Å². The largest absolute Gasteiger partial charge is 0.336 e. The van der Waals surface area contributed by atoms with Gasteiger partial charge in [-0.15, -0.1) is 0 Å². The van der Waals surface area contributed by atoms with E-state index in [0.717, 1.165) is 29.8 Å². The van der Waals surface area contributed by atoms with Crippen LogP contribution in [-0.4, -0.2) is 56.6 Å². The van der Waals surface area contributed by atoms with Gasteiger partial charge in [-0.3, -0.25) is 14.0 Å². The highest BCUT2D eigenvalue weighted by Crippen LogP contribution is 2.30. The highest BCUT2D eigenvalue weighted by Gasteiger charge is 2.28. The minimum atomic E-state index is -3.49. The van der Waals surface area contributed by atoms with Gasteiger partial charge in [-0.05, 0) is 65.9 Å². The van der Waals surface area contributed by atoms with Gasteiger partial charge in [0.2, 0.25) is 10.0 Å². The minimum absolute atomic E-state index is 0.00120. The van der Waals surface area contributed by atoms with E-state index in [1.807, 2.05) is 73.3 Å². The van der Waals surface area contributed by atoms with Crippen molar-refractivity contribution in [3.8, 4) is 0 Å². The van der Waals surface area contributed by atoms with Gasteiger partial charge in [-0.25, -0.2) is 8.42 Å². The van der Waals surface area contributed by atoms with Crippen LogP contribution < -0.4 is 4.31 Å². The van der Waals surface area contributed by atoms with Crippen molar-refractivity contribution in [2.45, 2.75) is 26.4 Å². The second kappa shape index (κ2) is 12.3. The van der Waals surface area contributed by atoms with E-state index in [1.54, 1.807) is 0 Å². The van der Waals surface area contributed by atoms with Crippen LogP contribution in [0.1, 0.15) is 44.2 Å². The number of benzene rings is 4. The third-order valence-corrected chi connectivity index (χ3v) is 9.04. The van der Waals surface area contributed by atoms with Crippen molar-refractivity contribution in [3.05, 3.63) is 137 Å². The van der Waals surface area contributed by atoms with Crippen molar-refractivity contribution in [1.82, 2.24) is 9.80 Å². The van der Waals surface area contributed by atoms with Gasteiger partial charge in [0.25, 0.3) is 5.91 Å². The number of hydrogen-bond acceptors (Lipinski definition) is 4. The number of hydrogen-bond donors (Lipinski definition) is 0. The van der Waals surface area contributed by atoms with E-state index in [0.29, 0.717) is 24.3 Å². The minimum Gasteiger partial charge on any atom is -0.336 e. The van der Waals surface area contributed by atoms with Crippen molar-refractivity contribution < 1.29 is 13.2 Å². The Labute approximate surface area is 243 Å². The SMILES string of the molecule is Cc1ccc(N(Cc2ccc(C(=O)N3CCN(C(c4ccccc4)c4ccccc4)CC3)cc2)S(C)(=O)=O)cc1C. The smallest absolute Gasteiger partial charge is 0.253 e. The van der Waals surface area contributed by atoms with Crippen molar-refractivity contribution in [1.29, 1.82) is 0 Å². The van der Waals surface area contributed by atoms with Gasteiger partial charge in [-0.1, -0.05) is 78.9 Å². The van der Waals surface area contributed by atoms with Crippen LogP contribution >= 0.6 is 0 Å². The Morgan fingerprint density at radius 1 is 0.756 bits per heavy atom. The van der Waals surface area contributed by atoms with Gasteiger partial charge in [0, 0.05) is 31.7 Å². The number of carbonyl (C=O) groups excluding carboxylic acids is 1. The molecule has 1 fully saturated rings. The van der Waals surface area contributed by atoms with Crippen LogP contribution in [-0.2, 0) is 16.6 Å². The number of sulfonamides is 1. The van der Waals surface area contributed by atoms with Crippen molar-refractivity contribution >= 4 is 21.6 Å². The molecule has 0 atom stereocenters. The molecule has 0 spiro atoms. The summed E-state index contributed by atoms with van der Waals surface area (Å²) >= 11 is 0. The van der Waals surface area contributed by atoms with E-state index in [9.17, 15) is 13.2 Å². The number of carbonyl (C=O) groups is 1. The maximum absolute atomic E-state index is 13.4. The summed E-state index contributed by atoms with van der Waals surface area (Å²) in [7, 11) is -3.49. The quantitative estimate of drug-likeness (QED) is 0.269. The Bertz CT molecular complexity index is 1540. The summed E-state index contributed by atoms with van der Waals surface area (Å²) in [5.74, 6) is 0.00120. The Morgan fingerprint density at radius 3 is 1.83 bits per heavy atom. The van der Waals surface area contributed by atoms with Crippen LogP contribution in [0.3, 0.4) is 0 Å². The fourth-order valence-electron chi connectivity index (χ4n) is 5.45. The zero-order valence-electron chi connectivity index (χ0n) is 23.9. The molecule has 1 heterocycles. The third-order valence-electron chi connectivity index (χ3n) is 7.90. The summed E-state index contributed by atoms with van der Waals surface area (Å²) in [5.41, 5.74) is 6.72. The molecule has 7 heteroatoms. The highest BCUT2D eigenvalue weighted by molar-refractivity contribution is 7.92. The van der Waals surface area contributed by atoms with Gasteiger partial charge in [-0.2, -0.15) is 0 Å². The molecule has 4 aromatic carbocycles. The summed E-state index contributed by atoms with van der Waals surface area (Å²) in [6.45, 7) is 7.02. The van der Waals surface area contributed by atoms with E-state index in [1.165, 1.54) is 21.7 Å². The fourth-order valence-corrected chi connectivity index (χ4v) is 6.33. The first kappa shape index (κ1) is 28.6. The molecule has 6 nitrogen and oxygen atoms in total. The zero-order chi connectivity index (χ0) is 29.0. The van der Waals surface area contributed by atoms with Crippen LogP contribution in [0.15, 0.2) is 103 Å². The van der Waals surface area contributed by atoms with Crippen LogP contribution in [0.25, 0.3) is 0 Å². The van der Waals surface area contributed by atoms with Crippen LogP contribution in [0.2, 0.25) is 0 Å². The first-order chi connectivity index (χ1) is 19.7. The third kappa shape index (κ3) is 6.69.